The Morgan fingerprint density at radius 3 is 2.55 bits per heavy atom. The normalized spacial score (nSPS) is 16.5. The summed E-state index contributed by atoms with van der Waals surface area (Å²) in [5.74, 6) is -1.16. The number of carboxylic acids is 1. The fourth-order valence-electron chi connectivity index (χ4n) is 2.24. The van der Waals surface area contributed by atoms with E-state index in [0.717, 1.165) is 12.0 Å². The van der Waals surface area contributed by atoms with Crippen LogP contribution in [0.3, 0.4) is 0 Å². The maximum absolute atomic E-state index is 11.8. The van der Waals surface area contributed by atoms with Crippen molar-refractivity contribution in [1.82, 2.24) is 5.32 Å². The molecule has 1 fully saturated rings. The summed E-state index contributed by atoms with van der Waals surface area (Å²) in [6, 6.07) is 1.80. The van der Waals surface area contributed by atoms with Crippen molar-refractivity contribution in [1.29, 1.82) is 0 Å². The number of carbonyl (C=O) groups excluding carboxylic acids is 1. The number of halogens is 2. The van der Waals surface area contributed by atoms with Gasteiger partial charge in [0, 0.05) is 6.42 Å². The first-order valence-corrected chi connectivity index (χ1v) is 7.98. The number of hydrogen-bond donors (Lipinski definition) is 2. The summed E-state index contributed by atoms with van der Waals surface area (Å²) < 4.78 is 1.28. The molecule has 1 aliphatic carbocycles. The molecule has 20 heavy (non-hydrogen) atoms. The van der Waals surface area contributed by atoms with Gasteiger partial charge in [-0.3, -0.25) is 4.79 Å². The third-order valence-electron chi connectivity index (χ3n) is 3.57. The Labute approximate surface area is 131 Å². The van der Waals surface area contributed by atoms with Crippen LogP contribution in [-0.2, 0) is 16.0 Å². The van der Waals surface area contributed by atoms with E-state index in [1.165, 1.54) is 11.3 Å². The van der Waals surface area contributed by atoms with Crippen LogP contribution < -0.4 is 5.32 Å². The molecule has 0 radical (unpaired) electrons. The lowest BCUT2D eigenvalue weighted by atomic mass is 9.76. The highest BCUT2D eigenvalue weighted by molar-refractivity contribution is 7.20. The predicted octanol–water partition coefficient (Wildman–Crippen LogP) is 3.50. The van der Waals surface area contributed by atoms with Gasteiger partial charge < -0.3 is 10.4 Å². The first-order chi connectivity index (χ1) is 9.43. The van der Waals surface area contributed by atoms with Crippen molar-refractivity contribution in [2.75, 3.05) is 0 Å². The van der Waals surface area contributed by atoms with Crippen LogP contribution in [0.1, 0.15) is 37.7 Å². The zero-order valence-electron chi connectivity index (χ0n) is 10.7. The minimum atomic E-state index is -1.03. The smallest absolute Gasteiger partial charge is 0.329 e. The molecular weight excluding hydrogens is 321 g/mol. The number of carbonyl (C=O) groups is 2. The molecule has 0 aliphatic heterocycles. The molecule has 110 valence electrons. The molecular formula is C13H15Cl2NO3S. The van der Waals surface area contributed by atoms with Gasteiger partial charge in [-0.05, 0) is 43.7 Å². The minimum Gasteiger partial charge on any atom is -0.480 e. The van der Waals surface area contributed by atoms with E-state index in [1.807, 2.05) is 0 Å². The second kappa shape index (κ2) is 6.33. The molecule has 2 rings (SSSR count). The topological polar surface area (TPSA) is 66.4 Å². The van der Waals surface area contributed by atoms with E-state index in [2.05, 4.69) is 5.32 Å². The van der Waals surface area contributed by atoms with Crippen molar-refractivity contribution in [3.05, 3.63) is 20.3 Å². The molecule has 1 aromatic heterocycles. The van der Waals surface area contributed by atoms with Crippen LogP contribution in [-0.4, -0.2) is 22.5 Å². The molecule has 1 amide bonds. The lowest BCUT2D eigenvalue weighted by Crippen LogP contribution is -2.59. The number of nitrogens with one attached hydrogen (secondary N) is 1. The van der Waals surface area contributed by atoms with Crippen molar-refractivity contribution >= 4 is 46.4 Å². The monoisotopic (exact) mass is 335 g/mol. The average Bonchev–Trinajstić information content (AvgIpc) is 2.62. The minimum absolute atomic E-state index is 0.218. The Balaban J connectivity index is 1.78. The van der Waals surface area contributed by atoms with Gasteiger partial charge in [0.2, 0.25) is 5.91 Å². The molecule has 4 nitrogen and oxygen atoms in total. The van der Waals surface area contributed by atoms with E-state index in [4.69, 9.17) is 28.3 Å². The van der Waals surface area contributed by atoms with Gasteiger partial charge in [-0.15, -0.1) is 11.3 Å². The zero-order chi connectivity index (χ0) is 14.8. The van der Waals surface area contributed by atoms with Gasteiger partial charge in [-0.25, -0.2) is 4.79 Å². The van der Waals surface area contributed by atoms with Crippen LogP contribution in [0.15, 0.2) is 6.07 Å². The number of hydrogen-bond acceptors (Lipinski definition) is 3. The summed E-state index contributed by atoms with van der Waals surface area (Å²) >= 11 is 13.1. The van der Waals surface area contributed by atoms with Gasteiger partial charge >= 0.3 is 5.97 Å². The molecule has 0 unspecified atom stereocenters. The highest BCUT2D eigenvalue weighted by atomic mass is 35.5. The van der Waals surface area contributed by atoms with E-state index in [9.17, 15) is 9.59 Å². The molecule has 0 aromatic carbocycles. The molecule has 0 spiro atoms. The van der Waals surface area contributed by atoms with Crippen molar-refractivity contribution < 1.29 is 14.7 Å². The van der Waals surface area contributed by atoms with E-state index >= 15 is 0 Å². The number of carboxylic acid groups (broad SMARTS) is 1. The van der Waals surface area contributed by atoms with Crippen molar-refractivity contribution in [2.45, 2.75) is 44.1 Å². The van der Waals surface area contributed by atoms with E-state index < -0.39 is 11.5 Å². The van der Waals surface area contributed by atoms with Crippen LogP contribution in [0.25, 0.3) is 0 Å². The van der Waals surface area contributed by atoms with Crippen molar-refractivity contribution in [2.24, 2.45) is 0 Å². The SMILES string of the molecule is O=C(CCCc1cc(Cl)sc1Cl)NC1(C(=O)O)CCC1. The van der Waals surface area contributed by atoms with Gasteiger partial charge in [0.05, 0.1) is 8.67 Å². The van der Waals surface area contributed by atoms with E-state index in [1.54, 1.807) is 6.07 Å². The molecule has 1 aromatic rings. The van der Waals surface area contributed by atoms with Gasteiger partial charge in [-0.2, -0.15) is 0 Å². The first kappa shape index (κ1) is 15.6. The summed E-state index contributed by atoms with van der Waals surface area (Å²) in [6.07, 6.45) is 3.44. The number of thiophene rings is 1. The maximum atomic E-state index is 11.8. The summed E-state index contributed by atoms with van der Waals surface area (Å²) in [5.41, 5.74) is -0.0912. The van der Waals surface area contributed by atoms with E-state index in [0.29, 0.717) is 40.8 Å². The summed E-state index contributed by atoms with van der Waals surface area (Å²) in [5, 5.41) is 11.8. The lowest BCUT2D eigenvalue weighted by molar-refractivity contribution is -0.151. The second-order valence-electron chi connectivity index (χ2n) is 4.99. The van der Waals surface area contributed by atoms with E-state index in [-0.39, 0.29) is 5.91 Å². The Hall–Kier alpha value is -0.780. The fourth-order valence-corrected chi connectivity index (χ4v) is 3.78. The van der Waals surface area contributed by atoms with Crippen LogP contribution in [0.2, 0.25) is 8.67 Å². The number of aryl methyl sites for hydroxylation is 1. The van der Waals surface area contributed by atoms with Crippen LogP contribution in [0, 0.1) is 0 Å². The van der Waals surface area contributed by atoms with Crippen LogP contribution >= 0.6 is 34.5 Å². The predicted molar refractivity (Wildman–Crippen MR) is 79.6 cm³/mol. The fraction of sp³-hybridized carbons (Fsp3) is 0.538. The largest absolute Gasteiger partial charge is 0.480 e. The molecule has 0 bridgehead atoms. The Morgan fingerprint density at radius 2 is 2.10 bits per heavy atom. The number of aliphatic carboxylic acids is 1. The third-order valence-corrected chi connectivity index (χ3v) is 5.14. The summed E-state index contributed by atoms with van der Waals surface area (Å²) in [4.78, 5) is 22.9. The zero-order valence-corrected chi connectivity index (χ0v) is 13.1. The first-order valence-electron chi connectivity index (χ1n) is 6.41. The molecule has 1 saturated carbocycles. The average molecular weight is 336 g/mol. The summed E-state index contributed by atoms with van der Waals surface area (Å²) in [7, 11) is 0. The van der Waals surface area contributed by atoms with Gasteiger partial charge in [0.25, 0.3) is 0 Å². The standard InChI is InChI=1S/C13H15Cl2NO3S/c14-9-7-8(11(15)20-9)3-1-4-10(17)16-13(12(18)19)5-2-6-13/h7H,1-6H2,(H,16,17)(H,18,19). The molecule has 0 atom stereocenters. The van der Waals surface area contributed by atoms with Crippen molar-refractivity contribution in [3.63, 3.8) is 0 Å². The van der Waals surface area contributed by atoms with Crippen molar-refractivity contribution in [3.8, 4) is 0 Å². The summed E-state index contributed by atoms with van der Waals surface area (Å²) in [6.45, 7) is 0. The molecule has 7 heteroatoms. The molecule has 0 saturated heterocycles. The Bertz CT molecular complexity index is 526. The molecule has 1 aliphatic rings. The number of rotatable bonds is 6. The van der Waals surface area contributed by atoms with Crippen LogP contribution in [0.5, 0.6) is 0 Å². The second-order valence-corrected chi connectivity index (χ2v) is 7.28. The quantitative estimate of drug-likeness (QED) is 0.835. The van der Waals surface area contributed by atoms with Crippen LogP contribution in [0.4, 0.5) is 0 Å². The molecule has 1 heterocycles. The van der Waals surface area contributed by atoms with Gasteiger partial charge in [0.15, 0.2) is 0 Å². The van der Waals surface area contributed by atoms with Gasteiger partial charge in [0.1, 0.15) is 5.54 Å². The lowest BCUT2D eigenvalue weighted by Gasteiger charge is -2.38. The highest BCUT2D eigenvalue weighted by Gasteiger charge is 2.45. The molecule has 2 N–H and O–H groups in total. The maximum Gasteiger partial charge on any atom is 0.329 e. The third kappa shape index (κ3) is 3.45. The highest BCUT2D eigenvalue weighted by Crippen LogP contribution is 2.33. The number of amides is 1. The Kier molecular flexibility index (Phi) is 4.94. The van der Waals surface area contributed by atoms with Gasteiger partial charge in [-0.1, -0.05) is 23.2 Å². The Morgan fingerprint density at radius 1 is 1.40 bits per heavy atom.